The van der Waals surface area contributed by atoms with Gasteiger partial charge in [-0.25, -0.2) is 19.3 Å². The molecule has 0 atom stereocenters. The van der Waals surface area contributed by atoms with Crippen LogP contribution in [0.25, 0.3) is 21.5 Å². The van der Waals surface area contributed by atoms with Crippen molar-refractivity contribution in [2.45, 2.75) is 13.1 Å². The molecular weight excluding hydrogens is 324 g/mol. The molecule has 0 saturated carbocycles. The lowest BCUT2D eigenvalue weighted by atomic mass is 9.91. The predicted octanol–water partition coefficient (Wildman–Crippen LogP) is 3.27. The second-order valence-electron chi connectivity index (χ2n) is 6.23. The minimum absolute atomic E-state index is 0.685. The number of rotatable bonds is 4. The molecule has 6 nitrogen and oxygen atoms in total. The normalized spacial score (nSPS) is 11.4. The van der Waals surface area contributed by atoms with Crippen molar-refractivity contribution in [2.75, 3.05) is 0 Å². The zero-order chi connectivity index (χ0) is 17.3. The highest BCUT2D eigenvalue weighted by molar-refractivity contribution is 6.05. The molecular formula is C20H16N6. The summed E-state index contributed by atoms with van der Waals surface area (Å²) in [6, 6.07) is 17.1. The smallest absolute Gasteiger partial charge is 0.137 e. The molecule has 0 unspecified atom stereocenters. The summed E-state index contributed by atoms with van der Waals surface area (Å²) in [5, 5.41) is 13.5. The van der Waals surface area contributed by atoms with E-state index < -0.39 is 0 Å². The number of benzene rings is 3. The van der Waals surface area contributed by atoms with E-state index in [1.165, 1.54) is 32.7 Å². The van der Waals surface area contributed by atoms with Crippen LogP contribution in [0.4, 0.5) is 0 Å². The monoisotopic (exact) mass is 340 g/mol. The number of hydrogen-bond acceptors (Lipinski definition) is 4. The van der Waals surface area contributed by atoms with Gasteiger partial charge in [0.05, 0.1) is 13.1 Å². The van der Waals surface area contributed by atoms with Gasteiger partial charge < -0.3 is 0 Å². The fraction of sp³-hybridized carbons (Fsp3) is 0.100. The summed E-state index contributed by atoms with van der Waals surface area (Å²) in [6.45, 7) is 1.37. The first-order chi connectivity index (χ1) is 12.9. The van der Waals surface area contributed by atoms with Gasteiger partial charge in [0, 0.05) is 0 Å². The van der Waals surface area contributed by atoms with Crippen molar-refractivity contribution >= 4 is 21.5 Å². The highest BCUT2D eigenvalue weighted by Gasteiger charge is 2.14. The number of fused-ring (bicyclic) bond motifs is 2. The second kappa shape index (κ2) is 6.07. The third kappa shape index (κ3) is 2.43. The van der Waals surface area contributed by atoms with E-state index in [0.29, 0.717) is 13.1 Å². The third-order valence-corrected chi connectivity index (χ3v) is 4.73. The summed E-state index contributed by atoms with van der Waals surface area (Å²) in [4.78, 5) is 8.16. The van der Waals surface area contributed by atoms with Gasteiger partial charge in [-0.05, 0) is 32.7 Å². The van der Waals surface area contributed by atoms with Crippen LogP contribution in [-0.2, 0) is 13.1 Å². The van der Waals surface area contributed by atoms with Gasteiger partial charge in [0.15, 0.2) is 0 Å². The van der Waals surface area contributed by atoms with Gasteiger partial charge >= 0.3 is 0 Å². The molecule has 2 heterocycles. The van der Waals surface area contributed by atoms with Crippen LogP contribution in [0.2, 0.25) is 0 Å². The van der Waals surface area contributed by atoms with Crippen LogP contribution >= 0.6 is 0 Å². The molecule has 126 valence electrons. The van der Waals surface area contributed by atoms with Crippen molar-refractivity contribution in [3.05, 3.63) is 85.0 Å². The Bertz CT molecular complexity index is 1020. The van der Waals surface area contributed by atoms with Crippen LogP contribution in [0.3, 0.4) is 0 Å². The number of hydrogen-bond donors (Lipinski definition) is 0. The molecule has 0 aliphatic carbocycles. The predicted molar refractivity (Wildman–Crippen MR) is 99.7 cm³/mol. The van der Waals surface area contributed by atoms with Gasteiger partial charge in [0.2, 0.25) is 0 Å². The van der Waals surface area contributed by atoms with Crippen LogP contribution in [0.1, 0.15) is 11.1 Å². The Morgan fingerprint density at radius 3 is 1.27 bits per heavy atom. The van der Waals surface area contributed by atoms with Crippen molar-refractivity contribution in [1.82, 2.24) is 29.5 Å². The summed E-state index contributed by atoms with van der Waals surface area (Å²) >= 11 is 0. The Hall–Kier alpha value is -3.54. The molecule has 0 aliphatic heterocycles. The minimum Gasteiger partial charge on any atom is -0.249 e. The van der Waals surface area contributed by atoms with E-state index in [-0.39, 0.29) is 0 Å². The Balaban J connectivity index is 1.82. The molecule has 5 aromatic rings. The second-order valence-corrected chi connectivity index (χ2v) is 6.23. The summed E-state index contributed by atoms with van der Waals surface area (Å²) in [5.74, 6) is 0. The SMILES string of the molecule is c1ccc2c(Cn3cncn3)c3ccccc3c(Cn3cncn3)c2c1. The fourth-order valence-electron chi connectivity index (χ4n) is 3.60. The first-order valence-corrected chi connectivity index (χ1v) is 8.46. The van der Waals surface area contributed by atoms with Gasteiger partial charge in [-0.1, -0.05) is 48.5 Å². The molecule has 0 radical (unpaired) electrons. The van der Waals surface area contributed by atoms with Gasteiger partial charge in [-0.3, -0.25) is 0 Å². The van der Waals surface area contributed by atoms with Crippen LogP contribution in [-0.4, -0.2) is 29.5 Å². The van der Waals surface area contributed by atoms with Gasteiger partial charge in [0.25, 0.3) is 0 Å². The van der Waals surface area contributed by atoms with Crippen molar-refractivity contribution in [3.63, 3.8) is 0 Å². The average molecular weight is 340 g/mol. The molecule has 6 heteroatoms. The number of nitrogens with zero attached hydrogens (tertiary/aromatic N) is 6. The number of aromatic nitrogens is 6. The van der Waals surface area contributed by atoms with E-state index in [0.717, 1.165) is 0 Å². The van der Waals surface area contributed by atoms with Crippen LogP contribution in [0.5, 0.6) is 0 Å². The topological polar surface area (TPSA) is 61.4 Å². The highest BCUT2D eigenvalue weighted by Crippen LogP contribution is 2.33. The van der Waals surface area contributed by atoms with E-state index in [4.69, 9.17) is 0 Å². The zero-order valence-electron chi connectivity index (χ0n) is 14.0. The quantitative estimate of drug-likeness (QED) is 0.471. The molecule has 0 aliphatic rings. The van der Waals surface area contributed by atoms with E-state index >= 15 is 0 Å². The molecule has 0 saturated heterocycles. The first-order valence-electron chi connectivity index (χ1n) is 8.46. The molecule has 5 rings (SSSR count). The zero-order valence-corrected chi connectivity index (χ0v) is 14.0. The Labute approximate surface area is 149 Å². The molecule has 0 N–H and O–H groups in total. The van der Waals surface area contributed by atoms with Crippen molar-refractivity contribution in [2.24, 2.45) is 0 Å². The van der Waals surface area contributed by atoms with Crippen molar-refractivity contribution < 1.29 is 0 Å². The Kier molecular flexibility index (Phi) is 3.45. The molecule has 0 amide bonds. The van der Waals surface area contributed by atoms with E-state index in [1.807, 2.05) is 9.36 Å². The summed E-state index contributed by atoms with van der Waals surface area (Å²) in [7, 11) is 0. The van der Waals surface area contributed by atoms with Crippen molar-refractivity contribution in [1.29, 1.82) is 0 Å². The first kappa shape index (κ1) is 14.8. The standard InChI is InChI=1S/C20H16N6/c1-2-6-16-15(5-1)19(9-25-13-21-11-23-25)17-7-3-4-8-18(17)20(16)10-26-14-22-12-24-26/h1-8,11-14H,9-10H2. The lowest BCUT2D eigenvalue weighted by molar-refractivity contribution is 0.687. The lowest BCUT2D eigenvalue weighted by Gasteiger charge is -2.17. The lowest BCUT2D eigenvalue weighted by Crippen LogP contribution is -2.06. The fourth-order valence-corrected chi connectivity index (χ4v) is 3.60. The summed E-state index contributed by atoms with van der Waals surface area (Å²) in [5.41, 5.74) is 2.51. The molecule has 2 aromatic heterocycles. The summed E-state index contributed by atoms with van der Waals surface area (Å²) in [6.07, 6.45) is 6.66. The van der Waals surface area contributed by atoms with E-state index in [2.05, 4.69) is 68.7 Å². The molecule has 0 spiro atoms. The average Bonchev–Trinajstić information content (AvgIpc) is 3.38. The third-order valence-electron chi connectivity index (χ3n) is 4.73. The van der Waals surface area contributed by atoms with Gasteiger partial charge in [-0.2, -0.15) is 10.2 Å². The van der Waals surface area contributed by atoms with E-state index in [1.54, 1.807) is 25.3 Å². The molecule has 3 aromatic carbocycles. The Morgan fingerprint density at radius 1 is 0.577 bits per heavy atom. The van der Waals surface area contributed by atoms with Crippen LogP contribution in [0, 0.1) is 0 Å². The molecule has 0 bridgehead atoms. The maximum Gasteiger partial charge on any atom is 0.137 e. The van der Waals surface area contributed by atoms with E-state index in [9.17, 15) is 0 Å². The minimum atomic E-state index is 0.685. The Morgan fingerprint density at radius 2 is 0.962 bits per heavy atom. The van der Waals surface area contributed by atoms with Crippen LogP contribution in [0.15, 0.2) is 73.8 Å². The highest BCUT2D eigenvalue weighted by atomic mass is 15.3. The van der Waals surface area contributed by atoms with Gasteiger partial charge in [0.1, 0.15) is 25.3 Å². The molecule has 0 fully saturated rings. The maximum absolute atomic E-state index is 4.29. The molecule has 26 heavy (non-hydrogen) atoms. The van der Waals surface area contributed by atoms with Gasteiger partial charge in [-0.15, -0.1) is 0 Å². The maximum atomic E-state index is 4.29. The van der Waals surface area contributed by atoms with Crippen LogP contribution < -0.4 is 0 Å². The summed E-state index contributed by atoms with van der Waals surface area (Å²) < 4.78 is 3.73. The largest absolute Gasteiger partial charge is 0.249 e. The van der Waals surface area contributed by atoms with Crippen molar-refractivity contribution in [3.8, 4) is 0 Å².